The van der Waals surface area contributed by atoms with E-state index in [0.29, 0.717) is 6.54 Å². The Bertz CT molecular complexity index is 452. The highest BCUT2D eigenvalue weighted by Crippen LogP contribution is 2.28. The van der Waals surface area contributed by atoms with Gasteiger partial charge < -0.3 is 15.5 Å². The molecule has 2 unspecified atom stereocenters. The number of hydrogen-bond donors (Lipinski definition) is 2. The number of amides is 1. The normalized spacial score (nSPS) is 23.4. The molecule has 104 valence electrons. The summed E-state index contributed by atoms with van der Waals surface area (Å²) in [5.74, 6) is 0.107. The second-order valence-electron chi connectivity index (χ2n) is 5.38. The van der Waals surface area contributed by atoms with E-state index in [1.807, 2.05) is 14.0 Å². The Kier molecular flexibility index (Phi) is 4.10. The van der Waals surface area contributed by atoms with Gasteiger partial charge in [-0.2, -0.15) is 0 Å². The molecule has 2 N–H and O–H groups in total. The molecule has 1 aliphatic heterocycles. The molecule has 4 nitrogen and oxygen atoms in total. The number of para-hydroxylation sites is 1. The van der Waals surface area contributed by atoms with Gasteiger partial charge in [0, 0.05) is 24.8 Å². The number of nitrogens with one attached hydrogen (secondary N) is 2. The molecule has 19 heavy (non-hydrogen) atoms. The van der Waals surface area contributed by atoms with Gasteiger partial charge in [-0.05, 0) is 38.9 Å². The number of rotatable bonds is 3. The van der Waals surface area contributed by atoms with Gasteiger partial charge in [-0.1, -0.05) is 18.2 Å². The van der Waals surface area contributed by atoms with E-state index in [4.69, 9.17) is 0 Å². The number of anilines is 1. The van der Waals surface area contributed by atoms with Crippen molar-refractivity contribution in [3.8, 4) is 0 Å². The molecule has 0 bridgehead atoms. The number of likely N-dealkylation sites (N-methyl/N-ethyl adjacent to an activating group) is 1. The van der Waals surface area contributed by atoms with Crippen LogP contribution in [0.3, 0.4) is 0 Å². The summed E-state index contributed by atoms with van der Waals surface area (Å²) in [5.41, 5.74) is 3.65. The lowest BCUT2D eigenvalue weighted by Crippen LogP contribution is -2.62. The summed E-state index contributed by atoms with van der Waals surface area (Å²) >= 11 is 0. The lowest BCUT2D eigenvalue weighted by molar-refractivity contribution is -0.124. The summed E-state index contributed by atoms with van der Waals surface area (Å²) < 4.78 is 0. The minimum absolute atomic E-state index is 0.107. The van der Waals surface area contributed by atoms with Crippen LogP contribution in [0.2, 0.25) is 0 Å². The molecule has 0 aromatic heterocycles. The highest BCUT2D eigenvalue weighted by molar-refractivity contribution is 5.88. The summed E-state index contributed by atoms with van der Waals surface area (Å²) in [6, 6.07) is 6.32. The maximum absolute atomic E-state index is 12.2. The van der Waals surface area contributed by atoms with Crippen molar-refractivity contribution >= 4 is 11.6 Å². The first-order valence-electron chi connectivity index (χ1n) is 6.82. The SMILES string of the molecule is CNCC1C(=O)NC(C)CN1c1c(C)cccc1C. The van der Waals surface area contributed by atoms with Crippen molar-refractivity contribution in [1.29, 1.82) is 0 Å². The van der Waals surface area contributed by atoms with Crippen molar-refractivity contribution in [3.63, 3.8) is 0 Å². The zero-order chi connectivity index (χ0) is 14.0. The van der Waals surface area contributed by atoms with Gasteiger partial charge in [0.25, 0.3) is 0 Å². The molecule has 0 spiro atoms. The first-order chi connectivity index (χ1) is 9.04. The number of nitrogens with zero attached hydrogens (tertiary/aromatic N) is 1. The minimum Gasteiger partial charge on any atom is -0.356 e. The topological polar surface area (TPSA) is 44.4 Å². The third kappa shape index (κ3) is 2.73. The van der Waals surface area contributed by atoms with E-state index in [1.165, 1.54) is 16.8 Å². The zero-order valence-corrected chi connectivity index (χ0v) is 12.2. The highest BCUT2D eigenvalue weighted by atomic mass is 16.2. The Labute approximate surface area is 115 Å². The average molecular weight is 261 g/mol. The number of piperazine rings is 1. The van der Waals surface area contributed by atoms with Crippen LogP contribution in [0.5, 0.6) is 0 Å². The molecule has 1 amide bonds. The number of benzene rings is 1. The van der Waals surface area contributed by atoms with Crippen LogP contribution in [-0.2, 0) is 4.79 Å². The molecule has 0 aliphatic carbocycles. The summed E-state index contributed by atoms with van der Waals surface area (Å²) in [7, 11) is 1.88. The molecule has 1 heterocycles. The Morgan fingerprint density at radius 2 is 2.00 bits per heavy atom. The number of hydrogen-bond acceptors (Lipinski definition) is 3. The van der Waals surface area contributed by atoms with Crippen LogP contribution in [0, 0.1) is 13.8 Å². The molecule has 1 fully saturated rings. The molecule has 0 radical (unpaired) electrons. The van der Waals surface area contributed by atoms with E-state index < -0.39 is 0 Å². The lowest BCUT2D eigenvalue weighted by atomic mass is 10.0. The monoisotopic (exact) mass is 261 g/mol. The minimum atomic E-state index is -0.138. The summed E-state index contributed by atoms with van der Waals surface area (Å²) in [6.07, 6.45) is 0. The fourth-order valence-electron chi connectivity index (χ4n) is 2.85. The van der Waals surface area contributed by atoms with Gasteiger partial charge >= 0.3 is 0 Å². The van der Waals surface area contributed by atoms with Crippen LogP contribution in [0.15, 0.2) is 18.2 Å². The molecule has 1 aromatic rings. The Balaban J connectivity index is 2.40. The third-order valence-corrected chi connectivity index (χ3v) is 3.66. The first-order valence-corrected chi connectivity index (χ1v) is 6.82. The standard InChI is InChI=1S/C15H23N3O/c1-10-6-5-7-11(2)14(10)18-9-12(3)17-15(19)13(18)8-16-4/h5-7,12-13,16H,8-9H2,1-4H3,(H,17,19). The lowest BCUT2D eigenvalue weighted by Gasteiger charge is -2.41. The fourth-order valence-corrected chi connectivity index (χ4v) is 2.85. The van der Waals surface area contributed by atoms with Crippen LogP contribution >= 0.6 is 0 Å². The number of aryl methyl sites for hydroxylation is 2. The summed E-state index contributed by atoms with van der Waals surface area (Å²) in [4.78, 5) is 14.4. The Morgan fingerprint density at radius 1 is 1.37 bits per heavy atom. The summed E-state index contributed by atoms with van der Waals surface area (Å²) in [6.45, 7) is 7.77. The molecule has 1 aromatic carbocycles. The average Bonchev–Trinajstić information content (AvgIpc) is 2.33. The van der Waals surface area contributed by atoms with Crippen LogP contribution in [0.1, 0.15) is 18.1 Å². The van der Waals surface area contributed by atoms with E-state index in [0.717, 1.165) is 6.54 Å². The van der Waals surface area contributed by atoms with E-state index >= 15 is 0 Å². The van der Waals surface area contributed by atoms with E-state index in [-0.39, 0.29) is 18.0 Å². The first kappa shape index (κ1) is 13.9. The van der Waals surface area contributed by atoms with E-state index in [2.05, 4.69) is 47.6 Å². The number of carbonyl (C=O) groups is 1. The largest absolute Gasteiger partial charge is 0.356 e. The van der Waals surface area contributed by atoms with Crippen LogP contribution in [-0.4, -0.2) is 38.1 Å². The van der Waals surface area contributed by atoms with Gasteiger partial charge in [-0.25, -0.2) is 0 Å². The molecule has 1 aliphatic rings. The van der Waals surface area contributed by atoms with E-state index in [1.54, 1.807) is 0 Å². The van der Waals surface area contributed by atoms with Crippen molar-refractivity contribution in [2.24, 2.45) is 0 Å². The fraction of sp³-hybridized carbons (Fsp3) is 0.533. The van der Waals surface area contributed by atoms with Crippen LogP contribution in [0.25, 0.3) is 0 Å². The Morgan fingerprint density at radius 3 is 2.58 bits per heavy atom. The molecule has 4 heteroatoms. The molecule has 2 atom stereocenters. The van der Waals surface area contributed by atoms with Crippen molar-refractivity contribution in [1.82, 2.24) is 10.6 Å². The van der Waals surface area contributed by atoms with Gasteiger partial charge in [-0.3, -0.25) is 4.79 Å². The maximum Gasteiger partial charge on any atom is 0.244 e. The zero-order valence-electron chi connectivity index (χ0n) is 12.2. The smallest absolute Gasteiger partial charge is 0.244 e. The van der Waals surface area contributed by atoms with Crippen LogP contribution in [0.4, 0.5) is 5.69 Å². The molecule has 2 rings (SSSR count). The van der Waals surface area contributed by atoms with Crippen molar-refractivity contribution in [3.05, 3.63) is 29.3 Å². The van der Waals surface area contributed by atoms with Crippen molar-refractivity contribution in [2.75, 3.05) is 25.0 Å². The number of carbonyl (C=O) groups excluding carboxylic acids is 1. The second-order valence-corrected chi connectivity index (χ2v) is 5.38. The van der Waals surface area contributed by atoms with Crippen LogP contribution < -0.4 is 15.5 Å². The van der Waals surface area contributed by atoms with Gasteiger partial charge in [0.2, 0.25) is 5.91 Å². The highest BCUT2D eigenvalue weighted by Gasteiger charge is 2.33. The van der Waals surface area contributed by atoms with E-state index in [9.17, 15) is 4.79 Å². The van der Waals surface area contributed by atoms with Gasteiger partial charge in [0.05, 0.1) is 0 Å². The van der Waals surface area contributed by atoms with Gasteiger partial charge in [-0.15, -0.1) is 0 Å². The molecule has 1 saturated heterocycles. The molecular formula is C15H23N3O. The predicted octanol–water partition coefficient (Wildman–Crippen LogP) is 1.22. The third-order valence-electron chi connectivity index (χ3n) is 3.66. The second kappa shape index (κ2) is 5.61. The predicted molar refractivity (Wildman–Crippen MR) is 78.6 cm³/mol. The maximum atomic E-state index is 12.2. The summed E-state index contributed by atoms with van der Waals surface area (Å²) in [5, 5.41) is 6.15. The van der Waals surface area contributed by atoms with Gasteiger partial charge in [0.1, 0.15) is 6.04 Å². The molecule has 0 saturated carbocycles. The quantitative estimate of drug-likeness (QED) is 0.860. The van der Waals surface area contributed by atoms with Crippen molar-refractivity contribution in [2.45, 2.75) is 32.9 Å². The Hall–Kier alpha value is -1.55. The van der Waals surface area contributed by atoms with Gasteiger partial charge in [0.15, 0.2) is 0 Å². The van der Waals surface area contributed by atoms with Crippen molar-refractivity contribution < 1.29 is 4.79 Å². The molecular weight excluding hydrogens is 238 g/mol.